The fourth-order valence-corrected chi connectivity index (χ4v) is 4.26. The summed E-state index contributed by atoms with van der Waals surface area (Å²) in [7, 11) is 0. The molecule has 0 aliphatic carbocycles. The second kappa shape index (κ2) is 7.11. The molecule has 0 bridgehead atoms. The molecule has 5 heteroatoms. The molecule has 1 spiro atoms. The number of likely N-dealkylation sites (tertiary alicyclic amines) is 1. The average molecular weight is 333 g/mol. The Kier molecular flexibility index (Phi) is 5.11. The zero-order valence-electron chi connectivity index (χ0n) is 14.3. The number of hydrogen-bond acceptors (Lipinski definition) is 4. The lowest BCUT2D eigenvalue weighted by Crippen LogP contribution is -2.52. The minimum absolute atomic E-state index is 0.117. The van der Waals surface area contributed by atoms with Crippen molar-refractivity contribution in [1.82, 2.24) is 4.90 Å². The van der Waals surface area contributed by atoms with E-state index in [9.17, 15) is 15.0 Å². The predicted molar refractivity (Wildman–Crippen MR) is 91.0 cm³/mol. The van der Waals surface area contributed by atoms with E-state index >= 15 is 0 Å². The maximum absolute atomic E-state index is 11.9. The van der Waals surface area contributed by atoms with Gasteiger partial charge in [-0.15, -0.1) is 0 Å². The second-order valence-corrected chi connectivity index (χ2v) is 7.13. The Morgan fingerprint density at radius 2 is 2.00 bits per heavy atom. The molecule has 2 saturated heterocycles. The summed E-state index contributed by atoms with van der Waals surface area (Å²) in [6.45, 7) is 5.39. The van der Waals surface area contributed by atoms with Gasteiger partial charge in [-0.3, -0.25) is 9.69 Å². The number of aromatic hydroxyl groups is 1. The van der Waals surface area contributed by atoms with Gasteiger partial charge in [0.15, 0.2) is 0 Å². The summed E-state index contributed by atoms with van der Waals surface area (Å²) in [5, 5.41) is 20.1. The lowest BCUT2D eigenvalue weighted by atomic mass is 9.65. The largest absolute Gasteiger partial charge is 0.507 e. The summed E-state index contributed by atoms with van der Waals surface area (Å²) >= 11 is 0. The molecular formula is C19H27NO4. The molecule has 1 unspecified atom stereocenters. The topological polar surface area (TPSA) is 70.0 Å². The molecule has 0 radical (unpaired) electrons. The number of piperidine rings is 1. The fourth-order valence-electron chi connectivity index (χ4n) is 4.26. The Hall–Kier alpha value is -1.59. The van der Waals surface area contributed by atoms with Crippen molar-refractivity contribution in [1.29, 1.82) is 0 Å². The molecule has 2 N–H and O–H groups in total. The molecule has 2 fully saturated rings. The summed E-state index contributed by atoms with van der Waals surface area (Å²) in [6.07, 6.45) is 3.37. The van der Waals surface area contributed by atoms with Crippen LogP contribution >= 0.6 is 0 Å². The van der Waals surface area contributed by atoms with Gasteiger partial charge in [0.1, 0.15) is 5.75 Å². The van der Waals surface area contributed by atoms with Crippen LogP contribution in [0.2, 0.25) is 0 Å². The summed E-state index contributed by atoms with van der Waals surface area (Å²) in [5.74, 6) is -0.696. The summed E-state index contributed by atoms with van der Waals surface area (Å²) in [4.78, 5) is 14.1. The van der Waals surface area contributed by atoms with E-state index in [1.165, 1.54) is 0 Å². The number of carbonyl (C=O) groups is 1. The van der Waals surface area contributed by atoms with Crippen LogP contribution < -0.4 is 0 Å². The molecule has 0 aromatic heterocycles. The van der Waals surface area contributed by atoms with Gasteiger partial charge in [0, 0.05) is 31.9 Å². The number of carboxylic acid groups (broad SMARTS) is 1. The van der Waals surface area contributed by atoms with Gasteiger partial charge in [-0.2, -0.15) is 0 Å². The lowest BCUT2D eigenvalue weighted by molar-refractivity contribution is -0.156. The highest BCUT2D eigenvalue weighted by molar-refractivity contribution is 5.71. The van der Waals surface area contributed by atoms with Gasteiger partial charge in [-0.1, -0.05) is 25.1 Å². The number of aliphatic carboxylic acids is 1. The van der Waals surface area contributed by atoms with Gasteiger partial charge in [0.25, 0.3) is 0 Å². The molecule has 132 valence electrons. The number of para-hydroxylation sites is 1. The van der Waals surface area contributed by atoms with E-state index in [-0.39, 0.29) is 11.3 Å². The maximum Gasteiger partial charge on any atom is 0.308 e. The molecule has 2 heterocycles. The first-order chi connectivity index (χ1) is 11.6. The molecule has 1 aromatic rings. The van der Waals surface area contributed by atoms with Crippen molar-refractivity contribution in [2.24, 2.45) is 11.3 Å². The van der Waals surface area contributed by atoms with Crippen molar-refractivity contribution in [3.8, 4) is 5.75 Å². The van der Waals surface area contributed by atoms with Crippen LogP contribution in [0, 0.1) is 11.3 Å². The van der Waals surface area contributed by atoms with Gasteiger partial charge in [0.2, 0.25) is 0 Å². The van der Waals surface area contributed by atoms with E-state index in [4.69, 9.17) is 4.74 Å². The number of phenolic OH excluding ortho intramolecular Hbond substituents is 1. The fraction of sp³-hybridized carbons (Fsp3) is 0.632. The van der Waals surface area contributed by atoms with E-state index < -0.39 is 5.97 Å². The van der Waals surface area contributed by atoms with E-state index in [2.05, 4.69) is 4.90 Å². The van der Waals surface area contributed by atoms with Crippen LogP contribution in [-0.4, -0.2) is 47.4 Å². The quantitative estimate of drug-likeness (QED) is 0.886. The van der Waals surface area contributed by atoms with Crippen molar-refractivity contribution < 1.29 is 19.7 Å². The van der Waals surface area contributed by atoms with Crippen LogP contribution in [0.4, 0.5) is 0 Å². The molecule has 1 aromatic carbocycles. The number of hydrogen-bond donors (Lipinski definition) is 2. The zero-order valence-corrected chi connectivity index (χ0v) is 14.3. The van der Waals surface area contributed by atoms with Crippen molar-refractivity contribution in [2.45, 2.75) is 39.2 Å². The van der Waals surface area contributed by atoms with E-state index in [1.807, 2.05) is 25.1 Å². The third-order valence-electron chi connectivity index (χ3n) is 5.87. The van der Waals surface area contributed by atoms with Crippen LogP contribution in [0.15, 0.2) is 18.2 Å². The highest BCUT2D eigenvalue weighted by atomic mass is 16.5. The van der Waals surface area contributed by atoms with Crippen molar-refractivity contribution >= 4 is 5.97 Å². The first-order valence-electron chi connectivity index (χ1n) is 8.88. The highest BCUT2D eigenvalue weighted by Gasteiger charge is 2.47. The molecule has 3 rings (SSSR count). The summed E-state index contributed by atoms with van der Waals surface area (Å²) < 4.78 is 5.45. The third kappa shape index (κ3) is 3.28. The molecule has 24 heavy (non-hydrogen) atoms. The van der Waals surface area contributed by atoms with Gasteiger partial charge in [-0.25, -0.2) is 0 Å². The second-order valence-electron chi connectivity index (χ2n) is 7.13. The minimum atomic E-state index is -0.701. The Balaban J connectivity index is 1.74. The normalized spacial score (nSPS) is 24.1. The predicted octanol–water partition coefficient (Wildman–Crippen LogP) is 2.66. The van der Waals surface area contributed by atoms with Crippen LogP contribution in [0.25, 0.3) is 0 Å². The Labute approximate surface area is 143 Å². The molecule has 2 aliphatic rings. The highest BCUT2D eigenvalue weighted by Crippen LogP contribution is 2.45. The number of nitrogens with zero attached hydrogens (tertiary/aromatic N) is 1. The first-order valence-corrected chi connectivity index (χ1v) is 8.88. The Morgan fingerprint density at radius 1 is 1.29 bits per heavy atom. The van der Waals surface area contributed by atoms with E-state index in [0.29, 0.717) is 32.1 Å². The molecule has 0 saturated carbocycles. The Bertz CT molecular complexity index is 595. The summed E-state index contributed by atoms with van der Waals surface area (Å²) in [5.41, 5.74) is 1.72. The SMILES string of the molecule is CCc1cccc(CN2CCC3(CCOCC3)C(C(=O)O)C2)c1O. The van der Waals surface area contributed by atoms with Crippen LogP contribution in [0.3, 0.4) is 0 Å². The number of phenols is 1. The number of benzene rings is 1. The van der Waals surface area contributed by atoms with Crippen LogP contribution in [-0.2, 0) is 22.5 Å². The molecule has 5 nitrogen and oxygen atoms in total. The molecule has 2 aliphatic heterocycles. The van der Waals surface area contributed by atoms with Gasteiger partial charge >= 0.3 is 5.97 Å². The van der Waals surface area contributed by atoms with Gasteiger partial charge < -0.3 is 14.9 Å². The minimum Gasteiger partial charge on any atom is -0.507 e. The monoisotopic (exact) mass is 333 g/mol. The summed E-state index contributed by atoms with van der Waals surface area (Å²) in [6, 6.07) is 5.83. The molecular weight excluding hydrogens is 306 g/mol. The number of rotatable bonds is 4. The van der Waals surface area contributed by atoms with Crippen LogP contribution in [0.5, 0.6) is 5.75 Å². The van der Waals surface area contributed by atoms with Crippen molar-refractivity contribution in [3.63, 3.8) is 0 Å². The lowest BCUT2D eigenvalue weighted by Gasteiger charge is -2.48. The third-order valence-corrected chi connectivity index (χ3v) is 5.87. The average Bonchev–Trinajstić information content (AvgIpc) is 2.59. The first kappa shape index (κ1) is 17.2. The number of aryl methyl sites for hydroxylation is 1. The standard InChI is InChI=1S/C19H27NO4/c1-2-14-4-3-5-15(17(14)21)12-20-9-6-19(7-10-24-11-8-19)16(13-20)18(22)23/h3-5,16,21H,2,6-13H2,1H3,(H,22,23). The molecule has 1 atom stereocenters. The van der Waals surface area contributed by atoms with Crippen molar-refractivity contribution in [2.75, 3.05) is 26.3 Å². The van der Waals surface area contributed by atoms with Gasteiger partial charge in [-0.05, 0) is 43.2 Å². The zero-order chi connectivity index (χ0) is 17.2. The van der Waals surface area contributed by atoms with Crippen molar-refractivity contribution in [3.05, 3.63) is 29.3 Å². The van der Waals surface area contributed by atoms with E-state index in [1.54, 1.807) is 0 Å². The van der Waals surface area contributed by atoms with E-state index in [0.717, 1.165) is 43.4 Å². The molecule has 0 amide bonds. The number of carboxylic acids is 1. The maximum atomic E-state index is 11.9. The number of ether oxygens (including phenoxy) is 1. The Morgan fingerprint density at radius 3 is 2.67 bits per heavy atom. The van der Waals surface area contributed by atoms with Gasteiger partial charge in [0.05, 0.1) is 5.92 Å². The smallest absolute Gasteiger partial charge is 0.308 e. The van der Waals surface area contributed by atoms with Crippen LogP contribution in [0.1, 0.15) is 37.3 Å².